The van der Waals surface area contributed by atoms with Crippen LogP contribution in [0.1, 0.15) is 54.4 Å². The number of fused-ring (bicyclic) bond motifs is 2. The van der Waals surface area contributed by atoms with Crippen molar-refractivity contribution in [2.75, 3.05) is 18.6 Å². The summed E-state index contributed by atoms with van der Waals surface area (Å²) in [6.45, 7) is 3.20. The molecule has 1 saturated carbocycles. The molecule has 2 amide bonds. The molecule has 1 atom stereocenters. The Hall–Kier alpha value is -3.35. The van der Waals surface area contributed by atoms with Crippen molar-refractivity contribution in [2.45, 2.75) is 44.2 Å². The van der Waals surface area contributed by atoms with E-state index in [0.29, 0.717) is 22.9 Å². The predicted molar refractivity (Wildman–Crippen MR) is 125 cm³/mol. The number of hydrogen-bond donors (Lipinski definition) is 2. The highest BCUT2D eigenvalue weighted by Gasteiger charge is 2.32. The second kappa shape index (κ2) is 7.90. The fourth-order valence-corrected chi connectivity index (χ4v) is 4.68. The monoisotopic (exact) mass is 464 g/mol. The molecule has 1 aliphatic heterocycles. The van der Waals surface area contributed by atoms with Gasteiger partial charge >= 0.3 is 0 Å². The number of aromatic nitrogens is 2. The van der Waals surface area contributed by atoms with Crippen molar-refractivity contribution in [1.29, 1.82) is 0 Å². The number of aliphatic hydroxyl groups is 1. The number of imidazole rings is 1. The van der Waals surface area contributed by atoms with Crippen molar-refractivity contribution in [2.24, 2.45) is 0 Å². The maximum atomic E-state index is 13.0. The van der Waals surface area contributed by atoms with E-state index in [2.05, 4.69) is 27.5 Å². The first-order valence-corrected chi connectivity index (χ1v) is 11.6. The minimum Gasteiger partial charge on any atom is -0.489 e. The standard InChI is InChI=1S/C24H24N4O4S/c1-24(2,31)9-8-14-4-7-18-20(10-14)32-12-17(22(30)27(18)3)25-21(29)16-11-28-19(15-5-6-15)13-33-23(28)26-16/h4,7,10-11,13,15,17,31H,5-6,12H2,1-3H3,(H,25,29)/t17-/m0/s1. The second-order valence-corrected chi connectivity index (χ2v) is 9.78. The summed E-state index contributed by atoms with van der Waals surface area (Å²) in [6.07, 6.45) is 4.07. The van der Waals surface area contributed by atoms with Gasteiger partial charge in [0.05, 0.1) is 5.69 Å². The molecule has 0 saturated heterocycles. The molecule has 3 heterocycles. The molecule has 3 aromatic rings. The van der Waals surface area contributed by atoms with Crippen molar-refractivity contribution in [1.82, 2.24) is 14.7 Å². The van der Waals surface area contributed by atoms with Crippen LogP contribution in [0.15, 0.2) is 29.8 Å². The van der Waals surface area contributed by atoms with Gasteiger partial charge in [0.15, 0.2) is 4.96 Å². The topological polar surface area (TPSA) is 96.2 Å². The normalized spacial score (nSPS) is 18.2. The van der Waals surface area contributed by atoms with Gasteiger partial charge in [0.25, 0.3) is 11.8 Å². The number of benzene rings is 1. The average molecular weight is 465 g/mol. The third-order valence-corrected chi connectivity index (χ3v) is 6.50. The number of carbonyl (C=O) groups is 2. The molecule has 1 aromatic carbocycles. The Balaban J connectivity index is 1.34. The minimum atomic E-state index is -1.11. The van der Waals surface area contributed by atoms with Gasteiger partial charge < -0.3 is 20.1 Å². The van der Waals surface area contributed by atoms with E-state index in [1.807, 2.05) is 4.40 Å². The molecule has 2 N–H and O–H groups in total. The van der Waals surface area contributed by atoms with Gasteiger partial charge in [0.2, 0.25) is 0 Å². The number of ether oxygens (including phenoxy) is 1. The van der Waals surface area contributed by atoms with Crippen LogP contribution in [0.5, 0.6) is 5.75 Å². The summed E-state index contributed by atoms with van der Waals surface area (Å²) in [4.78, 5) is 32.6. The number of rotatable bonds is 3. The fourth-order valence-electron chi connectivity index (χ4n) is 3.72. The highest BCUT2D eigenvalue weighted by Crippen LogP contribution is 2.41. The number of nitrogens with zero attached hydrogens (tertiary/aromatic N) is 3. The smallest absolute Gasteiger partial charge is 0.272 e. The molecule has 5 rings (SSSR count). The summed E-state index contributed by atoms with van der Waals surface area (Å²) < 4.78 is 7.86. The van der Waals surface area contributed by atoms with Gasteiger partial charge in [0.1, 0.15) is 29.7 Å². The highest BCUT2D eigenvalue weighted by atomic mass is 32.1. The first kappa shape index (κ1) is 21.5. The first-order valence-electron chi connectivity index (χ1n) is 10.8. The summed E-state index contributed by atoms with van der Waals surface area (Å²) >= 11 is 1.51. The lowest BCUT2D eigenvalue weighted by Crippen LogP contribution is -2.49. The van der Waals surface area contributed by atoms with Crippen LogP contribution in [0.25, 0.3) is 4.96 Å². The van der Waals surface area contributed by atoms with Crippen molar-refractivity contribution < 1.29 is 19.4 Å². The molecular formula is C24H24N4O4S. The van der Waals surface area contributed by atoms with Gasteiger partial charge in [-0.15, -0.1) is 11.3 Å². The third-order valence-electron chi connectivity index (χ3n) is 5.64. The third kappa shape index (κ3) is 4.32. The molecule has 9 heteroatoms. The van der Waals surface area contributed by atoms with Gasteiger partial charge in [0, 0.05) is 35.8 Å². The lowest BCUT2D eigenvalue weighted by molar-refractivity contribution is -0.120. The summed E-state index contributed by atoms with van der Waals surface area (Å²) in [6, 6.07) is 4.38. The average Bonchev–Trinajstić information content (AvgIpc) is 3.42. The number of nitrogens with one attached hydrogen (secondary N) is 1. The number of amides is 2. The fraction of sp³-hybridized carbons (Fsp3) is 0.375. The molecule has 2 aromatic heterocycles. The zero-order valence-electron chi connectivity index (χ0n) is 18.6. The SMILES string of the molecule is CN1C(=O)[C@@H](NC(=O)c2cn3c(C4CC4)csc3n2)COc2cc(C#CC(C)(C)O)ccc21. The Labute approximate surface area is 195 Å². The number of hydrogen-bond acceptors (Lipinski definition) is 6. The van der Waals surface area contributed by atoms with E-state index in [1.165, 1.54) is 21.9 Å². The Morgan fingerprint density at radius 3 is 2.88 bits per heavy atom. The lowest BCUT2D eigenvalue weighted by atomic mass is 10.1. The van der Waals surface area contributed by atoms with E-state index >= 15 is 0 Å². The Morgan fingerprint density at radius 1 is 1.36 bits per heavy atom. The van der Waals surface area contributed by atoms with Gasteiger partial charge in [-0.3, -0.25) is 14.0 Å². The Morgan fingerprint density at radius 2 is 2.15 bits per heavy atom. The molecule has 0 unspecified atom stereocenters. The first-order chi connectivity index (χ1) is 15.7. The second-order valence-electron chi connectivity index (χ2n) is 8.94. The molecule has 1 aliphatic carbocycles. The quantitative estimate of drug-likeness (QED) is 0.581. The molecule has 0 radical (unpaired) electrons. The summed E-state index contributed by atoms with van der Waals surface area (Å²) in [7, 11) is 1.64. The zero-order chi connectivity index (χ0) is 23.3. The minimum absolute atomic E-state index is 0.0141. The molecule has 0 bridgehead atoms. The van der Waals surface area contributed by atoms with Crippen LogP contribution in [-0.4, -0.2) is 51.6 Å². The number of likely N-dealkylation sites (N-methyl/N-ethyl adjacent to an activating group) is 1. The molecule has 8 nitrogen and oxygen atoms in total. The summed E-state index contributed by atoms with van der Waals surface area (Å²) in [5.41, 5.74) is 1.60. The van der Waals surface area contributed by atoms with Gasteiger partial charge in [-0.25, -0.2) is 4.98 Å². The summed E-state index contributed by atoms with van der Waals surface area (Å²) in [5, 5.41) is 14.7. The molecule has 1 fully saturated rings. The molecular weight excluding hydrogens is 440 g/mol. The van der Waals surface area contributed by atoms with Crippen LogP contribution >= 0.6 is 11.3 Å². The van der Waals surface area contributed by atoms with Crippen LogP contribution in [0.4, 0.5) is 5.69 Å². The largest absolute Gasteiger partial charge is 0.489 e. The van der Waals surface area contributed by atoms with Gasteiger partial charge in [-0.1, -0.05) is 11.8 Å². The van der Waals surface area contributed by atoms with E-state index in [1.54, 1.807) is 45.3 Å². The van der Waals surface area contributed by atoms with Crippen molar-refractivity contribution in [3.8, 4) is 17.6 Å². The highest BCUT2D eigenvalue weighted by molar-refractivity contribution is 7.15. The Bertz CT molecular complexity index is 1320. The zero-order valence-corrected chi connectivity index (χ0v) is 19.4. The molecule has 0 spiro atoms. The molecule has 2 aliphatic rings. The molecule has 170 valence electrons. The molecule has 33 heavy (non-hydrogen) atoms. The predicted octanol–water partition coefficient (Wildman–Crippen LogP) is 2.55. The van der Waals surface area contributed by atoms with E-state index < -0.39 is 17.6 Å². The maximum Gasteiger partial charge on any atom is 0.272 e. The van der Waals surface area contributed by atoms with Gasteiger partial charge in [-0.05, 0) is 44.9 Å². The van der Waals surface area contributed by atoms with Crippen molar-refractivity contribution in [3.05, 3.63) is 46.7 Å². The maximum absolute atomic E-state index is 13.0. The van der Waals surface area contributed by atoms with E-state index in [-0.39, 0.29) is 18.2 Å². The van der Waals surface area contributed by atoms with Crippen molar-refractivity contribution >= 4 is 33.8 Å². The number of carbonyl (C=O) groups excluding carboxylic acids is 2. The van der Waals surface area contributed by atoms with E-state index in [4.69, 9.17) is 4.74 Å². The van der Waals surface area contributed by atoms with Crippen LogP contribution in [0.2, 0.25) is 0 Å². The van der Waals surface area contributed by atoms with Crippen LogP contribution < -0.4 is 15.0 Å². The lowest BCUT2D eigenvalue weighted by Gasteiger charge is -2.20. The number of thiazole rings is 1. The van der Waals surface area contributed by atoms with E-state index in [9.17, 15) is 14.7 Å². The van der Waals surface area contributed by atoms with Crippen molar-refractivity contribution in [3.63, 3.8) is 0 Å². The Kier molecular flexibility index (Phi) is 5.15. The summed E-state index contributed by atoms with van der Waals surface area (Å²) in [5.74, 6) is 6.01. The van der Waals surface area contributed by atoms with Crippen LogP contribution in [-0.2, 0) is 4.79 Å². The van der Waals surface area contributed by atoms with Gasteiger partial charge in [-0.2, -0.15) is 0 Å². The van der Waals surface area contributed by atoms with E-state index in [0.717, 1.165) is 17.8 Å². The number of anilines is 1. The van der Waals surface area contributed by atoms with Crippen LogP contribution in [0.3, 0.4) is 0 Å². The van der Waals surface area contributed by atoms with Crippen LogP contribution in [0, 0.1) is 11.8 Å².